The summed E-state index contributed by atoms with van der Waals surface area (Å²) >= 11 is 7.74. The molecule has 1 atom stereocenters. The summed E-state index contributed by atoms with van der Waals surface area (Å²) in [6.45, 7) is 1.90. The van der Waals surface area contributed by atoms with E-state index in [1.807, 2.05) is 18.4 Å². The number of benzene rings is 2. The van der Waals surface area contributed by atoms with Crippen LogP contribution in [0.25, 0.3) is 5.76 Å². The predicted molar refractivity (Wildman–Crippen MR) is 125 cm³/mol. The normalized spacial score (nSPS) is 17.6. The molecule has 0 bridgehead atoms. The standard InChI is InChI=1S/C24H20ClNO5S/c1-13-10-11-32-23(13)20-19(21(27)17-12-16(31-3)8-9-18(17)25)22(28)24(29)26(20)14-4-6-15(30-2)7-5-14/h4-12,20,27H,1-3H3/b21-19+. The fourth-order valence-corrected chi connectivity index (χ4v) is 4.94. The second-order valence-electron chi connectivity index (χ2n) is 7.18. The largest absolute Gasteiger partial charge is 0.507 e. The summed E-state index contributed by atoms with van der Waals surface area (Å²) in [6, 6.07) is 12.7. The average molecular weight is 470 g/mol. The zero-order chi connectivity index (χ0) is 23.0. The Hall–Kier alpha value is -3.29. The van der Waals surface area contributed by atoms with E-state index in [2.05, 4.69) is 0 Å². The topological polar surface area (TPSA) is 76.1 Å². The van der Waals surface area contributed by atoms with Gasteiger partial charge in [-0.3, -0.25) is 14.5 Å². The van der Waals surface area contributed by atoms with Crippen molar-refractivity contribution in [1.29, 1.82) is 0 Å². The lowest BCUT2D eigenvalue weighted by atomic mass is 9.98. The minimum atomic E-state index is -0.800. The van der Waals surface area contributed by atoms with Crippen LogP contribution in [0.5, 0.6) is 11.5 Å². The summed E-state index contributed by atoms with van der Waals surface area (Å²) in [5.74, 6) is -0.772. The molecular weight excluding hydrogens is 450 g/mol. The van der Waals surface area contributed by atoms with Crippen LogP contribution < -0.4 is 14.4 Å². The van der Waals surface area contributed by atoms with E-state index < -0.39 is 17.7 Å². The number of aryl methyl sites for hydroxylation is 1. The first-order chi connectivity index (χ1) is 15.4. The molecule has 6 nitrogen and oxygen atoms in total. The first-order valence-electron chi connectivity index (χ1n) is 9.70. The van der Waals surface area contributed by atoms with Gasteiger partial charge in [-0.25, -0.2) is 0 Å². The molecule has 1 fully saturated rings. The van der Waals surface area contributed by atoms with Crippen LogP contribution in [0.3, 0.4) is 0 Å². The summed E-state index contributed by atoms with van der Waals surface area (Å²) in [7, 11) is 3.04. The number of aliphatic hydroxyl groups is 1. The number of amides is 1. The van der Waals surface area contributed by atoms with Crippen molar-refractivity contribution >= 4 is 46.1 Å². The minimum absolute atomic E-state index is 0.0217. The molecule has 0 saturated carbocycles. The van der Waals surface area contributed by atoms with Crippen molar-refractivity contribution in [1.82, 2.24) is 0 Å². The zero-order valence-electron chi connectivity index (χ0n) is 17.6. The Labute approximate surface area is 194 Å². The van der Waals surface area contributed by atoms with Gasteiger partial charge < -0.3 is 14.6 Å². The van der Waals surface area contributed by atoms with Gasteiger partial charge in [0.2, 0.25) is 0 Å². The molecule has 1 unspecified atom stereocenters. The van der Waals surface area contributed by atoms with Crippen LogP contribution in [-0.2, 0) is 9.59 Å². The van der Waals surface area contributed by atoms with Crippen LogP contribution in [0, 0.1) is 6.92 Å². The van der Waals surface area contributed by atoms with Crippen molar-refractivity contribution in [2.75, 3.05) is 19.1 Å². The molecule has 1 aliphatic rings. The summed E-state index contributed by atoms with van der Waals surface area (Å²) in [6.07, 6.45) is 0. The van der Waals surface area contributed by atoms with Crippen LogP contribution in [0.1, 0.15) is 22.0 Å². The van der Waals surface area contributed by atoms with Crippen molar-refractivity contribution in [3.8, 4) is 11.5 Å². The average Bonchev–Trinajstić information content (AvgIpc) is 3.34. The lowest BCUT2D eigenvalue weighted by Crippen LogP contribution is -2.29. The van der Waals surface area contributed by atoms with Gasteiger partial charge in [0.05, 0.1) is 24.8 Å². The van der Waals surface area contributed by atoms with E-state index in [0.29, 0.717) is 17.2 Å². The maximum absolute atomic E-state index is 13.2. The van der Waals surface area contributed by atoms with Crippen molar-refractivity contribution < 1.29 is 24.2 Å². The van der Waals surface area contributed by atoms with Crippen molar-refractivity contribution in [3.05, 3.63) is 80.5 Å². The minimum Gasteiger partial charge on any atom is -0.507 e. The maximum Gasteiger partial charge on any atom is 0.300 e. The Morgan fingerprint density at radius 1 is 1.03 bits per heavy atom. The number of carbonyl (C=O) groups is 2. The van der Waals surface area contributed by atoms with E-state index >= 15 is 0 Å². The number of aliphatic hydroxyl groups excluding tert-OH is 1. The number of rotatable bonds is 5. The summed E-state index contributed by atoms with van der Waals surface area (Å²) in [5, 5.41) is 13.4. The van der Waals surface area contributed by atoms with Crippen LogP contribution in [0.4, 0.5) is 5.69 Å². The Kier molecular flexibility index (Phi) is 5.95. The smallest absolute Gasteiger partial charge is 0.300 e. The van der Waals surface area contributed by atoms with Crippen molar-refractivity contribution in [3.63, 3.8) is 0 Å². The molecule has 1 amide bonds. The molecule has 0 radical (unpaired) electrons. The second-order valence-corrected chi connectivity index (χ2v) is 8.54. The van der Waals surface area contributed by atoms with Crippen LogP contribution in [0.15, 0.2) is 59.5 Å². The van der Waals surface area contributed by atoms with Gasteiger partial charge in [0, 0.05) is 16.1 Å². The van der Waals surface area contributed by atoms with Crippen LogP contribution >= 0.6 is 22.9 Å². The number of hydrogen-bond acceptors (Lipinski definition) is 6. The molecule has 2 aromatic carbocycles. The Bertz CT molecular complexity index is 1230. The molecule has 32 heavy (non-hydrogen) atoms. The van der Waals surface area contributed by atoms with E-state index in [1.165, 1.54) is 29.4 Å². The Morgan fingerprint density at radius 3 is 2.28 bits per heavy atom. The monoisotopic (exact) mass is 469 g/mol. The molecule has 4 rings (SSSR count). The first kappa shape index (κ1) is 21.9. The van der Waals surface area contributed by atoms with E-state index in [1.54, 1.807) is 43.5 Å². The summed E-state index contributed by atoms with van der Waals surface area (Å²) in [5.41, 5.74) is 1.62. The lowest BCUT2D eigenvalue weighted by molar-refractivity contribution is -0.132. The summed E-state index contributed by atoms with van der Waals surface area (Å²) in [4.78, 5) is 28.6. The zero-order valence-corrected chi connectivity index (χ0v) is 19.2. The Balaban J connectivity index is 1.95. The van der Waals surface area contributed by atoms with Crippen molar-refractivity contribution in [2.24, 2.45) is 0 Å². The molecule has 1 saturated heterocycles. The van der Waals surface area contributed by atoms with Crippen LogP contribution in [0.2, 0.25) is 5.02 Å². The highest BCUT2D eigenvalue weighted by molar-refractivity contribution is 7.10. The number of anilines is 1. The predicted octanol–water partition coefficient (Wildman–Crippen LogP) is 5.35. The highest BCUT2D eigenvalue weighted by Gasteiger charge is 2.48. The van der Waals surface area contributed by atoms with E-state index in [0.717, 1.165) is 10.4 Å². The van der Waals surface area contributed by atoms with E-state index in [4.69, 9.17) is 21.1 Å². The lowest BCUT2D eigenvalue weighted by Gasteiger charge is -2.25. The molecule has 0 spiro atoms. The van der Waals surface area contributed by atoms with Gasteiger partial charge in [-0.05, 0) is 66.4 Å². The van der Waals surface area contributed by atoms with Gasteiger partial charge in [0.1, 0.15) is 23.3 Å². The number of ketones is 1. The first-order valence-corrected chi connectivity index (χ1v) is 11.0. The third-order valence-electron chi connectivity index (χ3n) is 5.37. The summed E-state index contributed by atoms with van der Waals surface area (Å²) < 4.78 is 10.4. The van der Waals surface area contributed by atoms with E-state index in [9.17, 15) is 14.7 Å². The molecule has 1 aliphatic heterocycles. The molecular formula is C24H20ClNO5S. The van der Waals surface area contributed by atoms with Gasteiger partial charge in [-0.2, -0.15) is 0 Å². The number of nitrogens with zero attached hydrogens (tertiary/aromatic N) is 1. The number of carbonyl (C=O) groups excluding carboxylic acids is 2. The van der Waals surface area contributed by atoms with Gasteiger partial charge in [-0.1, -0.05) is 11.6 Å². The number of methoxy groups -OCH3 is 2. The maximum atomic E-state index is 13.2. The molecule has 1 N–H and O–H groups in total. The third-order valence-corrected chi connectivity index (χ3v) is 6.77. The molecule has 2 heterocycles. The quantitative estimate of drug-likeness (QED) is 0.309. The molecule has 0 aliphatic carbocycles. The van der Waals surface area contributed by atoms with E-state index in [-0.39, 0.29) is 21.9 Å². The fraction of sp³-hybridized carbons (Fsp3) is 0.167. The number of ether oxygens (including phenoxy) is 2. The van der Waals surface area contributed by atoms with Crippen LogP contribution in [-0.4, -0.2) is 31.0 Å². The molecule has 164 valence electrons. The van der Waals surface area contributed by atoms with Crippen molar-refractivity contribution in [2.45, 2.75) is 13.0 Å². The van der Waals surface area contributed by atoms with Gasteiger partial charge in [-0.15, -0.1) is 11.3 Å². The van der Waals surface area contributed by atoms with Gasteiger partial charge >= 0.3 is 0 Å². The fourth-order valence-electron chi connectivity index (χ4n) is 3.71. The van der Waals surface area contributed by atoms with Gasteiger partial charge in [0.25, 0.3) is 11.7 Å². The SMILES string of the molecule is COc1ccc(N2C(=O)C(=O)/C(=C(/O)c3cc(OC)ccc3Cl)C2c2sccc2C)cc1. The highest BCUT2D eigenvalue weighted by atomic mass is 35.5. The van der Waals surface area contributed by atoms with Gasteiger partial charge in [0.15, 0.2) is 0 Å². The second kappa shape index (κ2) is 8.68. The number of halogens is 1. The molecule has 3 aromatic rings. The molecule has 8 heteroatoms. The molecule has 1 aromatic heterocycles. The number of thiophene rings is 1. The Morgan fingerprint density at radius 2 is 1.69 bits per heavy atom. The number of Topliss-reactive ketones (excluding diaryl/α,β-unsaturated/α-hetero) is 1. The number of hydrogen-bond donors (Lipinski definition) is 1. The highest BCUT2D eigenvalue weighted by Crippen LogP contribution is 2.45. The third kappa shape index (κ3) is 3.63.